The highest BCUT2D eigenvalue weighted by atomic mass is 79.9. The molecule has 11 nitrogen and oxygen atoms in total. The maximum atomic E-state index is 15.0. The lowest BCUT2D eigenvalue weighted by Crippen LogP contribution is -2.59. The maximum Gasteiger partial charge on any atom is 0.312 e. The van der Waals surface area contributed by atoms with Gasteiger partial charge in [0, 0.05) is 42.3 Å². The van der Waals surface area contributed by atoms with Crippen molar-refractivity contribution in [2.45, 2.75) is 95.0 Å². The third kappa shape index (κ3) is 7.76. The average molecular weight is 746 g/mol. The number of nitrogens with one attached hydrogen (secondary N) is 1. The van der Waals surface area contributed by atoms with Crippen molar-refractivity contribution in [2.24, 2.45) is 17.8 Å². The van der Waals surface area contributed by atoms with Gasteiger partial charge in [0.15, 0.2) is 0 Å². The Morgan fingerprint density at radius 2 is 1.80 bits per heavy atom. The number of alkyl halides is 1. The van der Waals surface area contributed by atoms with Gasteiger partial charge in [-0.2, -0.15) is 0 Å². The van der Waals surface area contributed by atoms with Crippen LogP contribution in [0.4, 0.5) is 11.4 Å². The number of fused-ring (bicyclic) bond motifs is 1. The van der Waals surface area contributed by atoms with Crippen LogP contribution in [-0.4, -0.2) is 101 Å². The molecule has 1 aromatic carbocycles. The molecule has 0 aromatic heterocycles. The van der Waals surface area contributed by atoms with Crippen molar-refractivity contribution in [3.05, 3.63) is 49.6 Å². The standard InChI is InChI=1S/C37H53BrN4O7/c1-8-12-13-29(44)39-21-24(7)48-36(47)30-31-34(45)42(27(22-43)19-23(5)6)33(37(31)20-28(38)32(30)49-37)35(46)41(18-9-2)26-16-14-25(15-17-26)40(10-3)11-4/h8-9,14-17,23-24,27-28,30-33,43H,1-2,10-13,18-22H2,3-7H3,(H,39,44)/t24-,27+,28?,30+,31-,32+,33+,37-/m0/s1. The first-order valence-corrected chi connectivity index (χ1v) is 18.4. The number of amides is 3. The van der Waals surface area contributed by atoms with E-state index >= 15 is 0 Å². The Kier molecular flexibility index (Phi) is 13.1. The molecule has 3 saturated heterocycles. The summed E-state index contributed by atoms with van der Waals surface area (Å²) in [7, 11) is 0. The summed E-state index contributed by atoms with van der Waals surface area (Å²) in [5, 5.41) is 13.4. The van der Waals surface area contributed by atoms with E-state index in [1.165, 1.54) is 4.90 Å². The van der Waals surface area contributed by atoms with Crippen molar-refractivity contribution in [2.75, 3.05) is 42.6 Å². The predicted molar refractivity (Wildman–Crippen MR) is 193 cm³/mol. The lowest BCUT2D eigenvalue weighted by atomic mass is 9.70. The molecule has 4 rings (SSSR count). The van der Waals surface area contributed by atoms with Crippen LogP contribution in [0.2, 0.25) is 0 Å². The van der Waals surface area contributed by atoms with Gasteiger partial charge in [0.25, 0.3) is 5.91 Å². The van der Waals surface area contributed by atoms with Crippen LogP contribution in [0.15, 0.2) is 49.6 Å². The molecule has 0 radical (unpaired) electrons. The monoisotopic (exact) mass is 744 g/mol. The van der Waals surface area contributed by atoms with Crippen LogP contribution in [0.1, 0.15) is 60.3 Å². The van der Waals surface area contributed by atoms with E-state index in [1.54, 1.807) is 24.0 Å². The van der Waals surface area contributed by atoms with E-state index < -0.39 is 53.6 Å². The topological polar surface area (TPSA) is 129 Å². The average Bonchev–Trinajstić information content (AvgIpc) is 3.67. The molecule has 1 aromatic rings. The van der Waals surface area contributed by atoms with E-state index in [1.807, 2.05) is 38.1 Å². The zero-order chi connectivity index (χ0) is 36.0. The molecule has 3 heterocycles. The first-order valence-electron chi connectivity index (χ1n) is 17.5. The number of anilines is 2. The maximum absolute atomic E-state index is 15.0. The highest BCUT2D eigenvalue weighted by molar-refractivity contribution is 9.09. The van der Waals surface area contributed by atoms with E-state index in [0.717, 1.165) is 18.8 Å². The van der Waals surface area contributed by atoms with E-state index in [9.17, 15) is 24.3 Å². The number of aliphatic hydroxyl groups excluding tert-OH is 1. The summed E-state index contributed by atoms with van der Waals surface area (Å²) in [6.45, 7) is 19.0. The molecule has 2 bridgehead atoms. The number of hydrogen-bond donors (Lipinski definition) is 2. The number of esters is 1. The third-order valence-electron chi connectivity index (χ3n) is 9.93. The summed E-state index contributed by atoms with van der Waals surface area (Å²) in [6, 6.07) is 5.95. The molecule has 3 aliphatic rings. The largest absolute Gasteiger partial charge is 0.460 e. The second-order valence-electron chi connectivity index (χ2n) is 13.7. The SMILES string of the molecule is C=CCCC(=O)NC[C@H](C)OC(=O)[C@H]1[C@@H]2O[C@@]3(CC2Br)[C@@H]1C(=O)N([C@@H](CO)CC(C)C)[C@@H]3C(=O)N(CC=C)c1ccc(N(CC)CC)cc1. The van der Waals surface area contributed by atoms with Crippen LogP contribution in [0.3, 0.4) is 0 Å². The van der Waals surface area contributed by atoms with Gasteiger partial charge >= 0.3 is 5.97 Å². The van der Waals surface area contributed by atoms with Crippen LogP contribution >= 0.6 is 15.9 Å². The molecule has 2 N–H and O–H groups in total. The van der Waals surface area contributed by atoms with Gasteiger partial charge in [0.05, 0.1) is 37.1 Å². The van der Waals surface area contributed by atoms with Crippen LogP contribution in [0.25, 0.3) is 0 Å². The number of ether oxygens (including phenoxy) is 2. The summed E-state index contributed by atoms with van der Waals surface area (Å²) in [5.74, 6) is -3.42. The molecular weight excluding hydrogens is 692 g/mol. The van der Waals surface area contributed by atoms with Gasteiger partial charge in [-0.05, 0) is 70.2 Å². The quantitative estimate of drug-likeness (QED) is 0.130. The molecule has 12 heteroatoms. The van der Waals surface area contributed by atoms with Crippen LogP contribution in [0.5, 0.6) is 0 Å². The number of aliphatic hydroxyl groups is 1. The van der Waals surface area contributed by atoms with Crippen LogP contribution in [-0.2, 0) is 28.7 Å². The van der Waals surface area contributed by atoms with E-state index in [2.05, 4.69) is 53.2 Å². The fourth-order valence-corrected chi connectivity index (χ4v) is 8.70. The number of nitrogens with zero attached hydrogens (tertiary/aromatic N) is 3. The lowest BCUT2D eigenvalue weighted by molar-refractivity contribution is -0.159. The predicted octanol–water partition coefficient (Wildman–Crippen LogP) is 4.22. The smallest absolute Gasteiger partial charge is 0.312 e. The molecule has 1 unspecified atom stereocenters. The molecule has 3 amide bonds. The molecule has 270 valence electrons. The Morgan fingerprint density at radius 1 is 1.14 bits per heavy atom. The Balaban J connectivity index is 1.70. The highest BCUT2D eigenvalue weighted by Crippen LogP contribution is 2.61. The number of carbonyl (C=O) groups excluding carboxylic acids is 4. The number of rotatable bonds is 18. The Hall–Kier alpha value is -3.22. The van der Waals surface area contributed by atoms with Crippen molar-refractivity contribution in [3.63, 3.8) is 0 Å². The van der Waals surface area contributed by atoms with Gasteiger partial charge in [-0.15, -0.1) is 13.2 Å². The molecule has 0 saturated carbocycles. The second-order valence-corrected chi connectivity index (χ2v) is 14.9. The zero-order valence-electron chi connectivity index (χ0n) is 29.5. The van der Waals surface area contributed by atoms with Crippen LogP contribution in [0, 0.1) is 17.8 Å². The number of benzene rings is 1. The molecule has 3 aliphatic heterocycles. The third-order valence-corrected chi connectivity index (χ3v) is 10.8. The summed E-state index contributed by atoms with van der Waals surface area (Å²) < 4.78 is 12.5. The normalized spacial score (nSPS) is 26.7. The number of hydrogen-bond acceptors (Lipinski definition) is 8. The van der Waals surface area contributed by atoms with Crippen molar-refractivity contribution >= 4 is 51.0 Å². The number of halogens is 1. The first kappa shape index (κ1) is 38.6. The number of allylic oxidation sites excluding steroid dienone is 1. The summed E-state index contributed by atoms with van der Waals surface area (Å²) >= 11 is 3.71. The highest BCUT2D eigenvalue weighted by Gasteiger charge is 2.77. The molecule has 1 spiro atoms. The minimum absolute atomic E-state index is 0.110. The Morgan fingerprint density at radius 3 is 2.37 bits per heavy atom. The molecule has 49 heavy (non-hydrogen) atoms. The molecule has 0 aliphatic carbocycles. The summed E-state index contributed by atoms with van der Waals surface area (Å²) in [6.07, 6.45) is 3.53. The van der Waals surface area contributed by atoms with Gasteiger partial charge < -0.3 is 34.6 Å². The fraction of sp³-hybridized carbons (Fsp3) is 0.622. The summed E-state index contributed by atoms with van der Waals surface area (Å²) in [4.78, 5) is 60.6. The fourth-order valence-electron chi connectivity index (χ4n) is 7.76. The minimum atomic E-state index is -1.33. The Labute approximate surface area is 299 Å². The van der Waals surface area contributed by atoms with E-state index in [4.69, 9.17) is 9.47 Å². The van der Waals surface area contributed by atoms with Gasteiger partial charge in [0.1, 0.15) is 17.7 Å². The lowest BCUT2D eigenvalue weighted by Gasteiger charge is -2.40. The van der Waals surface area contributed by atoms with E-state index in [-0.39, 0.29) is 48.7 Å². The molecular formula is C37H53BrN4O7. The molecule has 8 atom stereocenters. The van der Waals surface area contributed by atoms with Crippen molar-refractivity contribution in [3.8, 4) is 0 Å². The minimum Gasteiger partial charge on any atom is -0.460 e. The van der Waals surface area contributed by atoms with Gasteiger partial charge in [-0.1, -0.05) is 41.9 Å². The number of likely N-dealkylation sites (tertiary alicyclic amines) is 1. The zero-order valence-corrected chi connectivity index (χ0v) is 31.1. The Bertz CT molecular complexity index is 1370. The molecule has 3 fully saturated rings. The van der Waals surface area contributed by atoms with Gasteiger partial charge in [0.2, 0.25) is 11.8 Å². The van der Waals surface area contributed by atoms with E-state index in [0.29, 0.717) is 24.9 Å². The van der Waals surface area contributed by atoms with Crippen molar-refractivity contribution < 1.29 is 33.8 Å². The van der Waals surface area contributed by atoms with Crippen molar-refractivity contribution in [1.82, 2.24) is 10.2 Å². The first-order chi connectivity index (χ1) is 23.4. The van der Waals surface area contributed by atoms with Gasteiger partial charge in [-0.3, -0.25) is 19.2 Å². The van der Waals surface area contributed by atoms with Gasteiger partial charge in [-0.25, -0.2) is 0 Å². The summed E-state index contributed by atoms with van der Waals surface area (Å²) in [5.41, 5.74) is 0.338. The number of carbonyl (C=O) groups is 4. The second kappa shape index (κ2) is 16.7. The van der Waals surface area contributed by atoms with Crippen molar-refractivity contribution in [1.29, 1.82) is 0 Å². The van der Waals surface area contributed by atoms with Crippen LogP contribution < -0.4 is 15.1 Å².